The highest BCUT2D eigenvalue weighted by molar-refractivity contribution is 5.87. The maximum absolute atomic E-state index is 11.3. The van der Waals surface area contributed by atoms with E-state index in [9.17, 15) is 14.7 Å². The molecule has 5 nitrogen and oxygen atoms in total. The van der Waals surface area contributed by atoms with Crippen LogP contribution in [0.25, 0.3) is 0 Å². The third-order valence-electron chi connectivity index (χ3n) is 2.27. The summed E-state index contributed by atoms with van der Waals surface area (Å²) in [7, 11) is 0. The van der Waals surface area contributed by atoms with E-state index in [0.717, 1.165) is 0 Å². The minimum absolute atomic E-state index is 0.299. The first-order valence-electron chi connectivity index (χ1n) is 4.66. The van der Waals surface area contributed by atoms with Gasteiger partial charge in [0.1, 0.15) is 5.78 Å². The second-order valence-corrected chi connectivity index (χ2v) is 3.51. The first-order valence-corrected chi connectivity index (χ1v) is 4.66. The van der Waals surface area contributed by atoms with Crippen molar-refractivity contribution >= 4 is 11.8 Å². The SMILES string of the molecule is CC(=O)C(CC(=O)O)c1ccc(O)c(O)c1. The molecule has 1 aromatic carbocycles. The summed E-state index contributed by atoms with van der Waals surface area (Å²) in [6.45, 7) is 1.29. The maximum Gasteiger partial charge on any atom is 0.304 e. The number of ketones is 1. The lowest BCUT2D eigenvalue weighted by atomic mass is 9.92. The van der Waals surface area contributed by atoms with Gasteiger partial charge in [0.15, 0.2) is 11.5 Å². The Morgan fingerprint density at radius 1 is 1.25 bits per heavy atom. The molecule has 3 N–H and O–H groups in total. The van der Waals surface area contributed by atoms with Gasteiger partial charge in [-0.2, -0.15) is 0 Å². The van der Waals surface area contributed by atoms with Crippen molar-refractivity contribution in [1.82, 2.24) is 0 Å². The molecule has 0 heterocycles. The second-order valence-electron chi connectivity index (χ2n) is 3.51. The Morgan fingerprint density at radius 3 is 2.31 bits per heavy atom. The number of carboxylic acids is 1. The Morgan fingerprint density at radius 2 is 1.88 bits per heavy atom. The van der Waals surface area contributed by atoms with Crippen LogP contribution in [-0.2, 0) is 9.59 Å². The van der Waals surface area contributed by atoms with Gasteiger partial charge in [-0.1, -0.05) is 6.07 Å². The van der Waals surface area contributed by atoms with Gasteiger partial charge in [0.25, 0.3) is 0 Å². The number of carbonyl (C=O) groups excluding carboxylic acids is 1. The molecule has 1 atom stereocenters. The molecule has 0 fully saturated rings. The molecule has 1 aromatic rings. The molecule has 0 spiro atoms. The molecule has 86 valence electrons. The van der Waals surface area contributed by atoms with Crippen LogP contribution in [0.4, 0.5) is 0 Å². The van der Waals surface area contributed by atoms with Gasteiger partial charge < -0.3 is 15.3 Å². The molecular formula is C11H12O5. The van der Waals surface area contributed by atoms with Gasteiger partial charge in [-0.15, -0.1) is 0 Å². The molecule has 0 aliphatic heterocycles. The van der Waals surface area contributed by atoms with Crippen molar-refractivity contribution in [3.63, 3.8) is 0 Å². The number of hydrogen-bond acceptors (Lipinski definition) is 4. The van der Waals surface area contributed by atoms with E-state index in [1.165, 1.54) is 25.1 Å². The summed E-state index contributed by atoms with van der Waals surface area (Å²) in [5, 5.41) is 27.0. The largest absolute Gasteiger partial charge is 0.504 e. The number of benzene rings is 1. The van der Waals surface area contributed by atoms with Crippen LogP contribution in [0.15, 0.2) is 18.2 Å². The average molecular weight is 224 g/mol. The van der Waals surface area contributed by atoms with Crippen LogP contribution in [0.2, 0.25) is 0 Å². The second kappa shape index (κ2) is 4.65. The highest BCUT2D eigenvalue weighted by Crippen LogP contribution is 2.30. The molecule has 0 saturated heterocycles. The maximum atomic E-state index is 11.3. The van der Waals surface area contributed by atoms with Crippen molar-refractivity contribution in [1.29, 1.82) is 0 Å². The van der Waals surface area contributed by atoms with Gasteiger partial charge in [0, 0.05) is 0 Å². The van der Waals surface area contributed by atoms with Crippen LogP contribution in [-0.4, -0.2) is 27.1 Å². The van der Waals surface area contributed by atoms with Crippen LogP contribution >= 0.6 is 0 Å². The fourth-order valence-corrected chi connectivity index (χ4v) is 1.43. The topological polar surface area (TPSA) is 94.8 Å². The summed E-state index contributed by atoms with van der Waals surface area (Å²) >= 11 is 0. The van der Waals surface area contributed by atoms with E-state index >= 15 is 0 Å². The van der Waals surface area contributed by atoms with E-state index in [1.807, 2.05) is 0 Å². The molecule has 0 radical (unpaired) electrons. The summed E-state index contributed by atoms with van der Waals surface area (Å²) in [6, 6.07) is 3.84. The number of carboxylic acid groups (broad SMARTS) is 1. The highest BCUT2D eigenvalue weighted by Gasteiger charge is 2.21. The molecule has 0 aliphatic carbocycles. The number of aromatic hydroxyl groups is 2. The number of carbonyl (C=O) groups is 2. The van der Waals surface area contributed by atoms with Crippen molar-refractivity contribution in [3.05, 3.63) is 23.8 Å². The van der Waals surface area contributed by atoms with E-state index in [-0.39, 0.29) is 23.7 Å². The molecule has 0 aliphatic rings. The van der Waals surface area contributed by atoms with Crippen LogP contribution in [0.5, 0.6) is 11.5 Å². The normalized spacial score (nSPS) is 12.1. The van der Waals surface area contributed by atoms with Crippen molar-refractivity contribution in [2.45, 2.75) is 19.3 Å². The number of phenolic OH excluding ortho intramolecular Hbond substituents is 2. The molecule has 0 aromatic heterocycles. The molecule has 5 heteroatoms. The van der Waals surface area contributed by atoms with Crippen LogP contribution in [0.3, 0.4) is 0 Å². The summed E-state index contributed by atoms with van der Waals surface area (Å²) in [5.74, 6) is -2.86. The Bertz CT molecular complexity index is 424. The fourth-order valence-electron chi connectivity index (χ4n) is 1.43. The first-order chi connectivity index (χ1) is 7.41. The number of aliphatic carboxylic acids is 1. The van der Waals surface area contributed by atoms with E-state index in [4.69, 9.17) is 10.2 Å². The third-order valence-corrected chi connectivity index (χ3v) is 2.27. The van der Waals surface area contributed by atoms with E-state index in [1.54, 1.807) is 0 Å². The van der Waals surface area contributed by atoms with Crippen LogP contribution in [0.1, 0.15) is 24.8 Å². The Hall–Kier alpha value is -2.04. The monoisotopic (exact) mass is 224 g/mol. The Balaban J connectivity index is 3.06. The van der Waals surface area contributed by atoms with Gasteiger partial charge in [0.2, 0.25) is 0 Å². The lowest BCUT2D eigenvalue weighted by Gasteiger charge is -2.12. The predicted molar refractivity (Wildman–Crippen MR) is 55.4 cm³/mol. The third kappa shape index (κ3) is 2.73. The van der Waals surface area contributed by atoms with E-state index in [0.29, 0.717) is 5.56 Å². The van der Waals surface area contributed by atoms with Gasteiger partial charge in [0.05, 0.1) is 12.3 Å². The summed E-state index contributed by atoms with van der Waals surface area (Å²) in [4.78, 5) is 21.8. The molecule has 0 bridgehead atoms. The van der Waals surface area contributed by atoms with E-state index in [2.05, 4.69) is 0 Å². The van der Waals surface area contributed by atoms with Gasteiger partial charge >= 0.3 is 5.97 Å². The molecule has 16 heavy (non-hydrogen) atoms. The molecule has 0 amide bonds. The molecular weight excluding hydrogens is 212 g/mol. The zero-order valence-corrected chi connectivity index (χ0v) is 8.67. The minimum atomic E-state index is -1.09. The van der Waals surface area contributed by atoms with Gasteiger partial charge in [-0.25, -0.2) is 0 Å². The van der Waals surface area contributed by atoms with Crippen molar-refractivity contribution in [2.24, 2.45) is 0 Å². The lowest BCUT2D eigenvalue weighted by molar-refractivity contribution is -0.139. The molecule has 1 unspecified atom stereocenters. The summed E-state index contributed by atoms with van der Waals surface area (Å²) in [6.07, 6.45) is -0.334. The minimum Gasteiger partial charge on any atom is -0.504 e. The lowest BCUT2D eigenvalue weighted by Crippen LogP contribution is -2.13. The standard InChI is InChI=1S/C11H12O5/c1-6(12)8(5-11(15)16)7-2-3-9(13)10(14)4-7/h2-4,8,13-14H,5H2,1H3,(H,15,16). The van der Waals surface area contributed by atoms with Crippen molar-refractivity contribution in [3.8, 4) is 11.5 Å². The quantitative estimate of drug-likeness (QED) is 0.669. The Labute approximate surface area is 92.0 Å². The number of Topliss-reactive ketones (excluding diaryl/α,β-unsaturated/α-hetero) is 1. The zero-order chi connectivity index (χ0) is 12.3. The van der Waals surface area contributed by atoms with Gasteiger partial charge in [-0.05, 0) is 24.6 Å². The summed E-state index contributed by atoms with van der Waals surface area (Å²) < 4.78 is 0. The number of phenols is 2. The zero-order valence-electron chi connectivity index (χ0n) is 8.67. The predicted octanol–water partition coefficient (Wildman–Crippen LogP) is 1.25. The van der Waals surface area contributed by atoms with Gasteiger partial charge in [-0.3, -0.25) is 9.59 Å². The molecule has 0 saturated carbocycles. The van der Waals surface area contributed by atoms with Crippen molar-refractivity contribution < 1.29 is 24.9 Å². The average Bonchev–Trinajstić information content (AvgIpc) is 2.18. The highest BCUT2D eigenvalue weighted by atomic mass is 16.4. The van der Waals surface area contributed by atoms with Crippen molar-refractivity contribution in [2.75, 3.05) is 0 Å². The smallest absolute Gasteiger partial charge is 0.304 e. The molecule has 1 rings (SSSR count). The number of hydrogen-bond donors (Lipinski definition) is 3. The Kier molecular flexibility index (Phi) is 3.50. The fraction of sp³-hybridized carbons (Fsp3) is 0.273. The number of rotatable bonds is 4. The van der Waals surface area contributed by atoms with Crippen LogP contribution < -0.4 is 0 Å². The summed E-state index contributed by atoms with van der Waals surface area (Å²) in [5.41, 5.74) is 0.380. The van der Waals surface area contributed by atoms with E-state index < -0.39 is 11.9 Å². The van der Waals surface area contributed by atoms with Crippen LogP contribution in [0, 0.1) is 0 Å². The first kappa shape index (κ1) is 12.0.